The second kappa shape index (κ2) is 2.25. The normalized spacial score (nSPS) is 40.9. The van der Waals surface area contributed by atoms with Crippen molar-refractivity contribution in [2.24, 2.45) is 0 Å². The van der Waals surface area contributed by atoms with Crippen LogP contribution in [0.25, 0.3) is 0 Å². The van der Waals surface area contributed by atoms with Crippen LogP contribution in [-0.2, 0) is 11.2 Å². The standard InChI is InChI=1S/C5H11NOS/c1-5-3-8(7)4-6(5)2/h5H,3-4H2,1-2H3. The predicted octanol–water partition coefficient (Wildman–Crippen LogP) is 0.0265. The monoisotopic (exact) mass is 133 g/mol. The molecule has 3 heteroatoms. The van der Waals surface area contributed by atoms with Crippen molar-refractivity contribution in [1.29, 1.82) is 0 Å². The van der Waals surface area contributed by atoms with E-state index in [9.17, 15) is 4.55 Å². The highest BCUT2D eigenvalue weighted by Gasteiger charge is 2.26. The minimum Gasteiger partial charge on any atom is -0.615 e. The van der Waals surface area contributed by atoms with Gasteiger partial charge in [-0.15, -0.1) is 0 Å². The van der Waals surface area contributed by atoms with Crippen LogP contribution < -0.4 is 0 Å². The van der Waals surface area contributed by atoms with Crippen LogP contribution in [0.2, 0.25) is 0 Å². The maximum absolute atomic E-state index is 10.7. The van der Waals surface area contributed by atoms with Crippen molar-refractivity contribution in [3.8, 4) is 0 Å². The Labute approximate surface area is 53.0 Å². The summed E-state index contributed by atoms with van der Waals surface area (Å²) in [6.45, 7) is 2.10. The van der Waals surface area contributed by atoms with Crippen LogP contribution in [0.4, 0.5) is 0 Å². The molecule has 0 amide bonds. The Morgan fingerprint density at radius 1 is 1.75 bits per heavy atom. The number of rotatable bonds is 0. The molecule has 0 aromatic carbocycles. The molecule has 0 bridgehead atoms. The smallest absolute Gasteiger partial charge is 0.159 e. The molecule has 0 aromatic rings. The Morgan fingerprint density at radius 2 is 2.38 bits per heavy atom. The molecular weight excluding hydrogens is 122 g/mol. The predicted molar refractivity (Wildman–Crippen MR) is 35.1 cm³/mol. The molecule has 2 unspecified atom stereocenters. The third-order valence-corrected chi connectivity index (χ3v) is 3.08. The van der Waals surface area contributed by atoms with Crippen LogP contribution >= 0.6 is 0 Å². The summed E-state index contributed by atoms with van der Waals surface area (Å²) in [6.07, 6.45) is 0. The summed E-state index contributed by atoms with van der Waals surface area (Å²) in [5.74, 6) is 1.62. The van der Waals surface area contributed by atoms with Crippen molar-refractivity contribution in [2.75, 3.05) is 18.7 Å². The van der Waals surface area contributed by atoms with E-state index in [1.54, 1.807) is 0 Å². The average molecular weight is 133 g/mol. The van der Waals surface area contributed by atoms with Crippen molar-refractivity contribution < 1.29 is 4.55 Å². The Morgan fingerprint density at radius 3 is 2.50 bits per heavy atom. The van der Waals surface area contributed by atoms with Gasteiger partial charge in [-0.1, -0.05) is 0 Å². The van der Waals surface area contributed by atoms with E-state index in [1.165, 1.54) is 0 Å². The van der Waals surface area contributed by atoms with Crippen molar-refractivity contribution in [2.45, 2.75) is 13.0 Å². The molecular formula is C5H11NOS. The second-order valence-electron chi connectivity index (χ2n) is 2.34. The van der Waals surface area contributed by atoms with Gasteiger partial charge in [-0.3, -0.25) is 4.90 Å². The molecule has 1 rings (SSSR count). The molecule has 1 aliphatic rings. The SMILES string of the molecule is CC1C[S+]([O-])CN1C. The van der Waals surface area contributed by atoms with E-state index in [4.69, 9.17) is 0 Å². The number of hydrogen-bond donors (Lipinski definition) is 0. The minimum atomic E-state index is -0.557. The van der Waals surface area contributed by atoms with Gasteiger partial charge in [-0.05, 0) is 25.1 Å². The number of nitrogens with zero attached hydrogens (tertiary/aromatic N) is 1. The fraction of sp³-hybridized carbons (Fsp3) is 1.00. The lowest BCUT2D eigenvalue weighted by Crippen LogP contribution is -2.22. The molecule has 1 saturated heterocycles. The van der Waals surface area contributed by atoms with E-state index in [0.717, 1.165) is 11.6 Å². The van der Waals surface area contributed by atoms with E-state index < -0.39 is 11.2 Å². The molecule has 2 nitrogen and oxygen atoms in total. The van der Waals surface area contributed by atoms with Crippen LogP contribution in [0.5, 0.6) is 0 Å². The molecule has 0 saturated carbocycles. The van der Waals surface area contributed by atoms with Gasteiger partial charge in [0, 0.05) is 0 Å². The minimum absolute atomic E-state index is 0.524. The zero-order valence-electron chi connectivity index (χ0n) is 5.26. The van der Waals surface area contributed by atoms with Gasteiger partial charge < -0.3 is 4.55 Å². The summed E-state index contributed by atoms with van der Waals surface area (Å²) >= 11 is -0.557. The Kier molecular flexibility index (Phi) is 1.80. The maximum Gasteiger partial charge on any atom is 0.159 e. The highest BCUT2D eigenvalue weighted by Crippen LogP contribution is 2.11. The molecule has 0 spiro atoms. The summed E-state index contributed by atoms with van der Waals surface area (Å²) in [6, 6.07) is 0.524. The summed E-state index contributed by atoms with van der Waals surface area (Å²) in [4.78, 5) is 2.12. The molecule has 1 aliphatic heterocycles. The Hall–Kier alpha value is 0.270. The first-order valence-corrected chi connectivity index (χ1v) is 4.24. The largest absolute Gasteiger partial charge is 0.615 e. The third-order valence-electron chi connectivity index (χ3n) is 1.53. The van der Waals surface area contributed by atoms with Crippen molar-refractivity contribution in [3.05, 3.63) is 0 Å². The molecule has 1 heterocycles. The topological polar surface area (TPSA) is 26.3 Å². The van der Waals surface area contributed by atoms with Gasteiger partial charge in [-0.2, -0.15) is 0 Å². The van der Waals surface area contributed by atoms with E-state index in [-0.39, 0.29) is 0 Å². The lowest BCUT2D eigenvalue weighted by molar-refractivity contribution is 0.343. The second-order valence-corrected chi connectivity index (χ2v) is 3.81. The first kappa shape index (κ1) is 6.39. The van der Waals surface area contributed by atoms with Crippen LogP contribution in [0.1, 0.15) is 6.92 Å². The van der Waals surface area contributed by atoms with Crippen LogP contribution in [0.15, 0.2) is 0 Å². The summed E-state index contributed by atoms with van der Waals surface area (Å²) in [5, 5.41) is 0. The van der Waals surface area contributed by atoms with Gasteiger partial charge in [0.2, 0.25) is 0 Å². The van der Waals surface area contributed by atoms with Crippen LogP contribution in [0, 0.1) is 0 Å². The Balaban J connectivity index is 2.39. The van der Waals surface area contributed by atoms with Crippen molar-refractivity contribution in [1.82, 2.24) is 4.90 Å². The van der Waals surface area contributed by atoms with Crippen molar-refractivity contribution >= 4 is 11.2 Å². The zero-order valence-corrected chi connectivity index (χ0v) is 6.07. The first-order valence-electron chi connectivity index (χ1n) is 2.75. The third kappa shape index (κ3) is 1.16. The summed E-state index contributed by atoms with van der Waals surface area (Å²) in [7, 11) is 2.01. The van der Waals surface area contributed by atoms with Gasteiger partial charge in [-0.25, -0.2) is 0 Å². The van der Waals surface area contributed by atoms with E-state index in [2.05, 4.69) is 11.8 Å². The maximum atomic E-state index is 10.7. The molecule has 0 N–H and O–H groups in total. The fourth-order valence-electron chi connectivity index (χ4n) is 0.803. The highest BCUT2D eigenvalue weighted by molar-refractivity contribution is 7.91. The number of hydrogen-bond acceptors (Lipinski definition) is 2. The molecule has 0 aliphatic carbocycles. The van der Waals surface area contributed by atoms with Crippen LogP contribution in [0.3, 0.4) is 0 Å². The molecule has 2 atom stereocenters. The van der Waals surface area contributed by atoms with E-state index >= 15 is 0 Å². The first-order chi connectivity index (χ1) is 3.70. The molecule has 0 aromatic heterocycles. The Bertz CT molecular complexity index is 78.5. The summed E-state index contributed by atoms with van der Waals surface area (Å²) in [5.41, 5.74) is 0. The lowest BCUT2D eigenvalue weighted by atomic mass is 10.4. The quantitative estimate of drug-likeness (QED) is 0.436. The van der Waals surface area contributed by atoms with E-state index in [1.807, 2.05) is 7.05 Å². The van der Waals surface area contributed by atoms with Crippen molar-refractivity contribution in [3.63, 3.8) is 0 Å². The fourth-order valence-corrected chi connectivity index (χ4v) is 2.41. The van der Waals surface area contributed by atoms with E-state index in [0.29, 0.717) is 6.04 Å². The van der Waals surface area contributed by atoms with Gasteiger partial charge in [0.1, 0.15) is 5.75 Å². The summed E-state index contributed by atoms with van der Waals surface area (Å²) < 4.78 is 10.7. The molecule has 8 heavy (non-hydrogen) atoms. The van der Waals surface area contributed by atoms with Gasteiger partial charge in [0.25, 0.3) is 0 Å². The zero-order chi connectivity index (χ0) is 6.15. The van der Waals surface area contributed by atoms with Gasteiger partial charge in [0.05, 0.1) is 6.04 Å². The highest BCUT2D eigenvalue weighted by atomic mass is 32.2. The molecule has 48 valence electrons. The average Bonchev–Trinajstić information content (AvgIpc) is 1.85. The molecule has 0 radical (unpaired) electrons. The van der Waals surface area contributed by atoms with Gasteiger partial charge >= 0.3 is 0 Å². The lowest BCUT2D eigenvalue weighted by Gasteiger charge is -2.06. The van der Waals surface area contributed by atoms with Gasteiger partial charge in [0.15, 0.2) is 5.88 Å². The van der Waals surface area contributed by atoms with Crippen LogP contribution in [-0.4, -0.2) is 34.2 Å². The molecule has 1 fully saturated rings.